The van der Waals surface area contributed by atoms with Crippen LogP contribution in [-0.4, -0.2) is 23.5 Å². The maximum Gasteiger partial charge on any atom is 0.267 e. The molecule has 1 amide bonds. The summed E-state index contributed by atoms with van der Waals surface area (Å²) in [5.74, 6) is 0.832. The fraction of sp³-hybridized carbons (Fsp3) is 0.474. The minimum absolute atomic E-state index is 0.0469. The number of hydrogen-bond donors (Lipinski definition) is 0. The zero-order valence-electron chi connectivity index (χ0n) is 14.5. The van der Waals surface area contributed by atoms with Crippen LogP contribution in [0.3, 0.4) is 0 Å². The van der Waals surface area contributed by atoms with E-state index >= 15 is 0 Å². The lowest BCUT2D eigenvalue weighted by atomic mass is 10.1. The molecule has 0 bridgehead atoms. The molecule has 1 atom stereocenters. The third-order valence-electron chi connectivity index (χ3n) is 4.32. The normalized spacial score (nSPS) is 16.9. The first kappa shape index (κ1) is 17.0. The van der Waals surface area contributed by atoms with Crippen molar-refractivity contribution in [3.05, 3.63) is 28.6 Å². The summed E-state index contributed by atoms with van der Waals surface area (Å²) in [6.07, 6.45) is 4.15. The van der Waals surface area contributed by atoms with Gasteiger partial charge < -0.3 is 9.64 Å². The van der Waals surface area contributed by atoms with E-state index in [4.69, 9.17) is 4.74 Å². The van der Waals surface area contributed by atoms with Crippen LogP contribution in [0.25, 0.3) is 11.3 Å². The average Bonchev–Trinajstić information content (AvgIpc) is 3.01. The number of amides is 1. The molecule has 1 aliphatic heterocycles. The lowest BCUT2D eigenvalue weighted by Crippen LogP contribution is -2.44. The molecule has 1 aliphatic rings. The predicted octanol–water partition coefficient (Wildman–Crippen LogP) is 4.81. The van der Waals surface area contributed by atoms with E-state index in [9.17, 15) is 4.79 Å². The number of hydrogen-bond acceptors (Lipinski definition) is 4. The molecule has 0 aliphatic carbocycles. The summed E-state index contributed by atoms with van der Waals surface area (Å²) in [6, 6.07) is 6.01. The van der Waals surface area contributed by atoms with Gasteiger partial charge in [0.2, 0.25) is 0 Å². The number of aromatic nitrogens is 1. The van der Waals surface area contributed by atoms with Gasteiger partial charge in [0.25, 0.3) is 5.91 Å². The van der Waals surface area contributed by atoms with Crippen LogP contribution >= 0.6 is 11.3 Å². The summed E-state index contributed by atoms with van der Waals surface area (Å²) in [4.78, 5) is 19.0. The number of anilines is 1. The SMILES string of the molecule is CCCCCCN1C(=O)C(C)Oc2ccc(-c3csc(C)n3)cc21. The standard InChI is InChI=1S/C19H24N2O2S/c1-4-5-6-7-10-21-17-11-15(16-12-24-14(3)20-16)8-9-18(17)23-13(2)19(21)22/h8-9,11-13H,4-7,10H2,1-3H3. The molecular weight excluding hydrogens is 320 g/mol. The summed E-state index contributed by atoms with van der Waals surface area (Å²) >= 11 is 1.63. The molecule has 4 nitrogen and oxygen atoms in total. The Morgan fingerprint density at radius 2 is 2.12 bits per heavy atom. The van der Waals surface area contributed by atoms with Gasteiger partial charge in [-0.2, -0.15) is 0 Å². The Morgan fingerprint density at radius 1 is 1.29 bits per heavy atom. The van der Waals surface area contributed by atoms with Crippen LogP contribution in [0.5, 0.6) is 5.75 Å². The minimum atomic E-state index is -0.420. The van der Waals surface area contributed by atoms with Gasteiger partial charge in [0.15, 0.2) is 6.10 Å². The van der Waals surface area contributed by atoms with Gasteiger partial charge in [-0.3, -0.25) is 4.79 Å². The molecule has 0 fully saturated rings. The lowest BCUT2D eigenvalue weighted by molar-refractivity contribution is -0.125. The highest BCUT2D eigenvalue weighted by atomic mass is 32.1. The number of carbonyl (C=O) groups is 1. The number of thiazole rings is 1. The summed E-state index contributed by atoms with van der Waals surface area (Å²) in [6.45, 7) is 6.77. The number of benzene rings is 1. The largest absolute Gasteiger partial charge is 0.479 e. The van der Waals surface area contributed by atoms with Crippen molar-refractivity contribution < 1.29 is 9.53 Å². The molecular formula is C19H24N2O2S. The van der Waals surface area contributed by atoms with Gasteiger partial charge in [-0.25, -0.2) is 4.98 Å². The van der Waals surface area contributed by atoms with E-state index in [0.29, 0.717) is 0 Å². The van der Waals surface area contributed by atoms with Gasteiger partial charge >= 0.3 is 0 Å². The Morgan fingerprint density at radius 3 is 2.83 bits per heavy atom. The molecule has 0 spiro atoms. The van der Waals surface area contributed by atoms with E-state index in [1.54, 1.807) is 11.3 Å². The first-order chi connectivity index (χ1) is 11.6. The van der Waals surface area contributed by atoms with Crippen molar-refractivity contribution in [1.29, 1.82) is 0 Å². The molecule has 0 radical (unpaired) electrons. The molecule has 2 heterocycles. The van der Waals surface area contributed by atoms with Gasteiger partial charge in [0.05, 0.1) is 16.4 Å². The van der Waals surface area contributed by atoms with Crippen LogP contribution < -0.4 is 9.64 Å². The van der Waals surface area contributed by atoms with Crippen LogP contribution in [0.2, 0.25) is 0 Å². The molecule has 0 saturated heterocycles. The highest BCUT2D eigenvalue weighted by molar-refractivity contribution is 7.09. The van der Waals surface area contributed by atoms with Crippen LogP contribution in [0, 0.1) is 6.92 Å². The molecule has 0 saturated carbocycles. The molecule has 1 aromatic heterocycles. The van der Waals surface area contributed by atoms with Gasteiger partial charge in [0.1, 0.15) is 5.75 Å². The van der Waals surface area contributed by atoms with Crippen molar-refractivity contribution in [2.24, 2.45) is 0 Å². The zero-order chi connectivity index (χ0) is 17.1. The van der Waals surface area contributed by atoms with Crippen molar-refractivity contribution in [3.8, 4) is 17.0 Å². The molecule has 2 aromatic rings. The third kappa shape index (κ3) is 3.46. The van der Waals surface area contributed by atoms with E-state index in [-0.39, 0.29) is 5.91 Å². The van der Waals surface area contributed by atoms with Crippen LogP contribution in [0.1, 0.15) is 44.5 Å². The van der Waals surface area contributed by atoms with Gasteiger partial charge in [-0.15, -0.1) is 11.3 Å². The predicted molar refractivity (Wildman–Crippen MR) is 98.9 cm³/mol. The van der Waals surface area contributed by atoms with E-state index in [1.165, 1.54) is 12.8 Å². The summed E-state index contributed by atoms with van der Waals surface area (Å²) in [7, 11) is 0. The summed E-state index contributed by atoms with van der Waals surface area (Å²) in [5, 5.41) is 3.09. The maximum atomic E-state index is 12.6. The molecule has 1 aromatic carbocycles. The molecule has 128 valence electrons. The lowest BCUT2D eigenvalue weighted by Gasteiger charge is -2.33. The fourth-order valence-electron chi connectivity index (χ4n) is 2.99. The van der Waals surface area contributed by atoms with Crippen molar-refractivity contribution in [2.45, 2.75) is 52.6 Å². The smallest absolute Gasteiger partial charge is 0.267 e. The molecule has 0 N–H and O–H groups in total. The second-order valence-electron chi connectivity index (χ2n) is 6.24. The molecule has 24 heavy (non-hydrogen) atoms. The molecule has 5 heteroatoms. The Kier molecular flexibility index (Phi) is 5.19. The van der Waals surface area contributed by atoms with E-state index in [0.717, 1.165) is 47.1 Å². The number of rotatable bonds is 6. The van der Waals surface area contributed by atoms with Crippen LogP contribution in [0.4, 0.5) is 5.69 Å². The van der Waals surface area contributed by atoms with Gasteiger partial charge in [-0.05, 0) is 38.5 Å². The number of nitrogens with zero attached hydrogens (tertiary/aromatic N) is 2. The molecule has 1 unspecified atom stereocenters. The summed E-state index contributed by atoms with van der Waals surface area (Å²) in [5.41, 5.74) is 2.86. The number of aryl methyl sites for hydroxylation is 1. The van der Waals surface area contributed by atoms with Crippen molar-refractivity contribution in [2.75, 3.05) is 11.4 Å². The van der Waals surface area contributed by atoms with E-state index in [1.807, 2.05) is 36.9 Å². The van der Waals surface area contributed by atoms with Gasteiger partial charge in [0, 0.05) is 17.5 Å². The Labute approximate surface area is 147 Å². The first-order valence-corrected chi connectivity index (χ1v) is 9.52. The molecule has 3 rings (SSSR count). The first-order valence-electron chi connectivity index (χ1n) is 8.64. The average molecular weight is 344 g/mol. The summed E-state index contributed by atoms with van der Waals surface area (Å²) < 4.78 is 5.79. The third-order valence-corrected chi connectivity index (χ3v) is 5.09. The fourth-order valence-corrected chi connectivity index (χ4v) is 3.61. The monoisotopic (exact) mass is 344 g/mol. The topological polar surface area (TPSA) is 42.4 Å². The Hall–Kier alpha value is -1.88. The Bertz CT molecular complexity index is 726. The van der Waals surface area contributed by atoms with Crippen molar-refractivity contribution in [1.82, 2.24) is 4.98 Å². The Balaban J connectivity index is 1.89. The van der Waals surface area contributed by atoms with E-state index in [2.05, 4.69) is 17.3 Å². The van der Waals surface area contributed by atoms with Crippen molar-refractivity contribution >= 4 is 22.9 Å². The highest BCUT2D eigenvalue weighted by Gasteiger charge is 2.31. The second kappa shape index (κ2) is 7.34. The maximum absolute atomic E-state index is 12.6. The number of carbonyl (C=O) groups excluding carboxylic acids is 1. The number of fused-ring (bicyclic) bond motifs is 1. The quantitative estimate of drug-likeness (QED) is 0.706. The van der Waals surface area contributed by atoms with Gasteiger partial charge in [-0.1, -0.05) is 26.2 Å². The number of unbranched alkanes of at least 4 members (excludes halogenated alkanes) is 3. The van der Waals surface area contributed by atoms with Crippen molar-refractivity contribution in [3.63, 3.8) is 0 Å². The minimum Gasteiger partial charge on any atom is -0.479 e. The highest BCUT2D eigenvalue weighted by Crippen LogP contribution is 2.37. The number of ether oxygens (including phenoxy) is 1. The van der Waals surface area contributed by atoms with Crippen LogP contribution in [0.15, 0.2) is 23.6 Å². The second-order valence-corrected chi connectivity index (χ2v) is 7.31. The van der Waals surface area contributed by atoms with E-state index < -0.39 is 6.10 Å². The zero-order valence-corrected chi connectivity index (χ0v) is 15.4. The van der Waals surface area contributed by atoms with Crippen LogP contribution in [-0.2, 0) is 4.79 Å².